The largest absolute Gasteiger partial charge is 0.465 e. The molecule has 2 aromatic heterocycles. The molecule has 0 saturated heterocycles. The van der Waals surface area contributed by atoms with Crippen LogP contribution in [0.5, 0.6) is 0 Å². The molecule has 7 heteroatoms. The molecule has 0 aliphatic carbocycles. The van der Waals surface area contributed by atoms with Gasteiger partial charge in [0.25, 0.3) is 0 Å². The molecular formula is C21H25ClN4O2. The third-order valence-corrected chi connectivity index (χ3v) is 4.93. The van der Waals surface area contributed by atoms with Gasteiger partial charge in [-0.3, -0.25) is 4.90 Å². The zero-order valence-corrected chi connectivity index (χ0v) is 17.5. The van der Waals surface area contributed by atoms with Crippen molar-refractivity contribution in [2.24, 2.45) is 0 Å². The van der Waals surface area contributed by atoms with E-state index in [-0.39, 0.29) is 23.0 Å². The van der Waals surface area contributed by atoms with Gasteiger partial charge in [0.05, 0.1) is 12.7 Å². The standard InChI is InChI=1S/C21H25ClN4O2/c1-13(2)15-11-23-26-18(10-17(22)24-19(15)26)25(20(27)28)12-14-8-6-7-9-16(14)21(3,4)5/h6-11,13H,12H2,1-5H3,(H,27,28). The molecule has 0 aliphatic rings. The van der Waals surface area contributed by atoms with Crippen molar-refractivity contribution in [2.75, 3.05) is 4.90 Å². The van der Waals surface area contributed by atoms with Crippen LogP contribution in [0.15, 0.2) is 36.5 Å². The monoisotopic (exact) mass is 400 g/mol. The van der Waals surface area contributed by atoms with E-state index in [0.29, 0.717) is 11.5 Å². The Bertz CT molecular complexity index is 1020. The van der Waals surface area contributed by atoms with Gasteiger partial charge >= 0.3 is 6.09 Å². The Kier molecular flexibility index (Phi) is 5.35. The highest BCUT2D eigenvalue weighted by Crippen LogP contribution is 2.30. The second-order valence-corrected chi connectivity index (χ2v) is 8.59. The molecule has 0 aliphatic heterocycles. The molecule has 0 radical (unpaired) electrons. The number of hydrogen-bond acceptors (Lipinski definition) is 3. The van der Waals surface area contributed by atoms with Gasteiger partial charge in [0.2, 0.25) is 0 Å². The van der Waals surface area contributed by atoms with Crippen molar-refractivity contribution in [3.63, 3.8) is 0 Å². The number of nitrogens with zero attached hydrogens (tertiary/aromatic N) is 4. The molecule has 0 bridgehead atoms. The second kappa shape index (κ2) is 7.43. The summed E-state index contributed by atoms with van der Waals surface area (Å²) >= 11 is 6.24. The number of amides is 1. The minimum atomic E-state index is -1.08. The molecule has 1 aromatic carbocycles. The summed E-state index contributed by atoms with van der Waals surface area (Å²) in [4.78, 5) is 17.8. The van der Waals surface area contributed by atoms with Gasteiger partial charge < -0.3 is 5.11 Å². The fourth-order valence-corrected chi connectivity index (χ4v) is 3.52. The number of hydrogen-bond donors (Lipinski definition) is 1. The molecule has 0 spiro atoms. The van der Waals surface area contributed by atoms with Gasteiger partial charge in [0.1, 0.15) is 11.0 Å². The maximum Gasteiger partial charge on any atom is 0.413 e. The van der Waals surface area contributed by atoms with E-state index < -0.39 is 6.09 Å². The summed E-state index contributed by atoms with van der Waals surface area (Å²) < 4.78 is 1.55. The summed E-state index contributed by atoms with van der Waals surface area (Å²) in [6, 6.07) is 9.43. The van der Waals surface area contributed by atoms with Gasteiger partial charge in [0.15, 0.2) is 5.65 Å². The minimum Gasteiger partial charge on any atom is -0.465 e. The number of benzene rings is 1. The molecule has 1 amide bonds. The maximum absolute atomic E-state index is 12.2. The average molecular weight is 401 g/mol. The molecule has 3 rings (SSSR count). The van der Waals surface area contributed by atoms with Crippen molar-refractivity contribution in [1.82, 2.24) is 14.6 Å². The molecule has 148 valence electrons. The van der Waals surface area contributed by atoms with E-state index >= 15 is 0 Å². The van der Waals surface area contributed by atoms with Gasteiger partial charge in [-0.1, -0.05) is 70.5 Å². The van der Waals surface area contributed by atoms with Crippen molar-refractivity contribution in [1.29, 1.82) is 0 Å². The lowest BCUT2D eigenvalue weighted by molar-refractivity contribution is 0.201. The van der Waals surface area contributed by atoms with Gasteiger partial charge in [-0.15, -0.1) is 0 Å². The Morgan fingerprint density at radius 1 is 1.29 bits per heavy atom. The van der Waals surface area contributed by atoms with E-state index in [1.807, 2.05) is 38.1 Å². The second-order valence-electron chi connectivity index (χ2n) is 8.20. The summed E-state index contributed by atoms with van der Waals surface area (Å²) in [6.45, 7) is 10.6. The van der Waals surface area contributed by atoms with Gasteiger partial charge in [0, 0.05) is 11.6 Å². The van der Waals surface area contributed by atoms with Crippen LogP contribution in [0.4, 0.5) is 10.6 Å². The number of carbonyl (C=O) groups is 1. The third-order valence-electron chi connectivity index (χ3n) is 4.73. The van der Waals surface area contributed by atoms with Crippen molar-refractivity contribution in [3.05, 3.63) is 58.4 Å². The van der Waals surface area contributed by atoms with E-state index in [9.17, 15) is 9.90 Å². The first-order chi connectivity index (χ1) is 13.1. The maximum atomic E-state index is 12.2. The molecule has 2 heterocycles. The molecule has 1 N–H and O–H groups in total. The summed E-state index contributed by atoms with van der Waals surface area (Å²) in [5, 5.41) is 14.6. The smallest absolute Gasteiger partial charge is 0.413 e. The third kappa shape index (κ3) is 3.83. The summed E-state index contributed by atoms with van der Waals surface area (Å²) in [5.41, 5.74) is 3.43. The number of fused-ring (bicyclic) bond motifs is 1. The van der Waals surface area contributed by atoms with E-state index in [0.717, 1.165) is 16.7 Å². The molecule has 6 nitrogen and oxygen atoms in total. The highest BCUT2D eigenvalue weighted by atomic mass is 35.5. The Morgan fingerprint density at radius 2 is 1.96 bits per heavy atom. The van der Waals surface area contributed by atoms with E-state index in [1.165, 1.54) is 4.90 Å². The van der Waals surface area contributed by atoms with Crippen LogP contribution in [-0.2, 0) is 12.0 Å². The average Bonchev–Trinajstić information content (AvgIpc) is 3.02. The van der Waals surface area contributed by atoms with Crippen LogP contribution in [-0.4, -0.2) is 25.8 Å². The van der Waals surface area contributed by atoms with Crippen LogP contribution >= 0.6 is 11.6 Å². The first kappa shape index (κ1) is 20.1. The van der Waals surface area contributed by atoms with E-state index in [2.05, 4.69) is 30.9 Å². The Morgan fingerprint density at radius 3 is 2.57 bits per heavy atom. The number of halogens is 1. The molecule has 0 atom stereocenters. The van der Waals surface area contributed by atoms with Crippen molar-refractivity contribution >= 4 is 29.2 Å². The minimum absolute atomic E-state index is 0.109. The molecule has 0 fully saturated rings. The predicted molar refractivity (Wildman–Crippen MR) is 111 cm³/mol. The lowest BCUT2D eigenvalue weighted by Gasteiger charge is -2.26. The highest BCUT2D eigenvalue weighted by molar-refractivity contribution is 6.29. The number of carboxylic acid groups (broad SMARTS) is 1. The van der Waals surface area contributed by atoms with Crippen molar-refractivity contribution in [3.8, 4) is 0 Å². The van der Waals surface area contributed by atoms with Crippen molar-refractivity contribution in [2.45, 2.75) is 52.5 Å². The zero-order chi connectivity index (χ0) is 20.6. The SMILES string of the molecule is CC(C)c1cnn2c(N(Cc3ccccc3C(C)(C)C)C(=O)O)cc(Cl)nc12. The van der Waals surface area contributed by atoms with E-state index in [1.54, 1.807) is 16.8 Å². The van der Waals surface area contributed by atoms with Gasteiger partial charge in [-0.05, 0) is 22.5 Å². The first-order valence-corrected chi connectivity index (χ1v) is 9.60. The molecular weight excluding hydrogens is 376 g/mol. The lowest BCUT2D eigenvalue weighted by Crippen LogP contribution is -2.32. The number of aromatic nitrogens is 3. The molecule has 0 saturated carbocycles. The summed E-state index contributed by atoms with van der Waals surface area (Å²) in [7, 11) is 0. The molecule has 0 unspecified atom stereocenters. The normalized spacial score (nSPS) is 12.0. The Balaban J connectivity index is 2.14. The fraction of sp³-hybridized carbons (Fsp3) is 0.381. The van der Waals surface area contributed by atoms with Crippen LogP contribution < -0.4 is 4.90 Å². The van der Waals surface area contributed by atoms with Crippen LogP contribution in [0, 0.1) is 0 Å². The van der Waals surface area contributed by atoms with Crippen LogP contribution in [0.25, 0.3) is 5.65 Å². The number of rotatable bonds is 4. The quantitative estimate of drug-likeness (QED) is 0.588. The van der Waals surface area contributed by atoms with Crippen molar-refractivity contribution < 1.29 is 9.90 Å². The van der Waals surface area contributed by atoms with Gasteiger partial charge in [-0.25, -0.2) is 9.78 Å². The van der Waals surface area contributed by atoms with Gasteiger partial charge in [-0.2, -0.15) is 9.61 Å². The Labute approximate surface area is 169 Å². The Hall–Kier alpha value is -2.60. The summed E-state index contributed by atoms with van der Waals surface area (Å²) in [6.07, 6.45) is 0.643. The van der Waals surface area contributed by atoms with E-state index in [4.69, 9.17) is 11.6 Å². The lowest BCUT2D eigenvalue weighted by atomic mass is 9.83. The van der Waals surface area contributed by atoms with Crippen LogP contribution in [0.2, 0.25) is 5.15 Å². The predicted octanol–water partition coefficient (Wildman–Crippen LogP) is 5.49. The summed E-state index contributed by atoms with van der Waals surface area (Å²) in [5.74, 6) is 0.564. The zero-order valence-electron chi connectivity index (χ0n) is 16.8. The topological polar surface area (TPSA) is 70.7 Å². The fourth-order valence-electron chi connectivity index (χ4n) is 3.34. The van der Waals surface area contributed by atoms with Crippen LogP contribution in [0.1, 0.15) is 57.2 Å². The number of anilines is 1. The first-order valence-electron chi connectivity index (χ1n) is 9.22. The molecule has 28 heavy (non-hydrogen) atoms. The molecule has 3 aromatic rings. The highest BCUT2D eigenvalue weighted by Gasteiger charge is 2.25. The van der Waals surface area contributed by atoms with Crippen LogP contribution in [0.3, 0.4) is 0 Å².